The molecule has 0 radical (unpaired) electrons. The number of carbonyl (C=O) groups excluding carboxylic acids is 1. The zero-order chi connectivity index (χ0) is 13.2. The average Bonchev–Trinajstić information content (AvgIpc) is 2.15. The largest absolute Gasteiger partial charge is 0.399 e. The van der Waals surface area contributed by atoms with Gasteiger partial charge in [0.25, 0.3) is 0 Å². The van der Waals surface area contributed by atoms with Crippen LogP contribution in [0.1, 0.15) is 20.8 Å². The fourth-order valence-corrected chi connectivity index (χ4v) is 0.331. The van der Waals surface area contributed by atoms with Crippen molar-refractivity contribution >= 4 is 6.41 Å². The first kappa shape index (κ1) is 16.9. The SMILES string of the molecule is C=C(N)/C=C\C(=C)NC=O.COC(C)(C)C. The van der Waals surface area contributed by atoms with Crippen LogP contribution >= 0.6 is 0 Å². The summed E-state index contributed by atoms with van der Waals surface area (Å²) in [5.41, 5.74) is 6.15. The molecular formula is C12H22N2O2. The van der Waals surface area contributed by atoms with Crippen molar-refractivity contribution in [3.63, 3.8) is 0 Å². The van der Waals surface area contributed by atoms with Gasteiger partial charge in [0, 0.05) is 18.5 Å². The topological polar surface area (TPSA) is 64.3 Å². The van der Waals surface area contributed by atoms with Gasteiger partial charge in [-0.1, -0.05) is 13.2 Å². The third-order valence-electron chi connectivity index (χ3n) is 1.36. The lowest BCUT2D eigenvalue weighted by Crippen LogP contribution is -2.15. The van der Waals surface area contributed by atoms with E-state index in [2.05, 4.69) is 18.5 Å². The molecule has 0 aromatic carbocycles. The van der Waals surface area contributed by atoms with E-state index in [1.54, 1.807) is 19.3 Å². The zero-order valence-corrected chi connectivity index (χ0v) is 10.5. The van der Waals surface area contributed by atoms with Crippen molar-refractivity contribution in [3.05, 3.63) is 36.7 Å². The Morgan fingerprint density at radius 2 is 1.75 bits per heavy atom. The summed E-state index contributed by atoms with van der Waals surface area (Å²) in [4.78, 5) is 9.80. The maximum Gasteiger partial charge on any atom is 0.211 e. The minimum absolute atomic E-state index is 0.0417. The number of amides is 1. The zero-order valence-electron chi connectivity index (χ0n) is 10.5. The molecule has 0 heterocycles. The van der Waals surface area contributed by atoms with E-state index in [-0.39, 0.29) is 5.60 Å². The van der Waals surface area contributed by atoms with Crippen LogP contribution in [0.5, 0.6) is 0 Å². The van der Waals surface area contributed by atoms with E-state index in [1.807, 2.05) is 20.8 Å². The number of hydrogen-bond donors (Lipinski definition) is 2. The monoisotopic (exact) mass is 226 g/mol. The first-order valence-electron chi connectivity index (χ1n) is 4.79. The van der Waals surface area contributed by atoms with Crippen LogP contribution in [0.2, 0.25) is 0 Å². The van der Waals surface area contributed by atoms with Crippen molar-refractivity contribution in [2.45, 2.75) is 26.4 Å². The molecule has 16 heavy (non-hydrogen) atoms. The molecule has 0 unspecified atom stereocenters. The van der Waals surface area contributed by atoms with Crippen molar-refractivity contribution in [2.24, 2.45) is 5.73 Å². The number of rotatable bonds is 4. The molecule has 4 nitrogen and oxygen atoms in total. The Balaban J connectivity index is 0. The Morgan fingerprint density at radius 1 is 1.31 bits per heavy atom. The molecule has 0 spiro atoms. The third kappa shape index (κ3) is 18.3. The normalized spacial score (nSPS) is 10.2. The van der Waals surface area contributed by atoms with Crippen molar-refractivity contribution in [1.29, 1.82) is 0 Å². The summed E-state index contributed by atoms with van der Waals surface area (Å²) in [6.07, 6.45) is 3.67. The van der Waals surface area contributed by atoms with Crippen LogP contribution in [0.4, 0.5) is 0 Å². The highest BCUT2D eigenvalue weighted by Gasteiger charge is 2.03. The van der Waals surface area contributed by atoms with Crippen molar-refractivity contribution in [3.8, 4) is 0 Å². The van der Waals surface area contributed by atoms with Gasteiger partial charge in [0.15, 0.2) is 0 Å². The Kier molecular flexibility index (Phi) is 9.21. The fraction of sp³-hybridized carbons (Fsp3) is 0.417. The number of ether oxygens (including phenoxy) is 1. The molecule has 3 N–H and O–H groups in total. The standard InChI is InChI=1S/C7H10N2O.C5H12O/c1-6(8)3-4-7(2)9-5-10;1-5(2,3)6-4/h3-5H,1-2,8H2,(H,9,10);1-4H3/b4-3-;. The summed E-state index contributed by atoms with van der Waals surface area (Å²) in [5.74, 6) is 0. The van der Waals surface area contributed by atoms with Gasteiger partial charge in [-0.2, -0.15) is 0 Å². The van der Waals surface area contributed by atoms with E-state index >= 15 is 0 Å². The van der Waals surface area contributed by atoms with Gasteiger partial charge in [0.05, 0.1) is 5.60 Å². The predicted molar refractivity (Wildman–Crippen MR) is 67.6 cm³/mol. The number of carbonyl (C=O) groups is 1. The van der Waals surface area contributed by atoms with Gasteiger partial charge in [-0.15, -0.1) is 0 Å². The highest BCUT2D eigenvalue weighted by atomic mass is 16.5. The lowest BCUT2D eigenvalue weighted by atomic mass is 10.2. The second-order valence-corrected chi connectivity index (χ2v) is 4.01. The Labute approximate surface area is 97.9 Å². The van der Waals surface area contributed by atoms with Gasteiger partial charge in [0.1, 0.15) is 0 Å². The molecule has 1 amide bonds. The maximum absolute atomic E-state index is 9.80. The van der Waals surface area contributed by atoms with Crippen LogP contribution in [0.15, 0.2) is 36.7 Å². The van der Waals surface area contributed by atoms with Gasteiger partial charge in [-0.3, -0.25) is 4.79 Å². The molecule has 0 aliphatic rings. The van der Waals surface area contributed by atoms with Gasteiger partial charge >= 0.3 is 0 Å². The Hall–Kier alpha value is -1.55. The summed E-state index contributed by atoms with van der Waals surface area (Å²) < 4.78 is 4.94. The van der Waals surface area contributed by atoms with Crippen LogP contribution in [-0.4, -0.2) is 19.1 Å². The number of allylic oxidation sites excluding steroid dienone is 2. The summed E-state index contributed by atoms with van der Waals surface area (Å²) in [7, 11) is 1.71. The quantitative estimate of drug-likeness (QED) is 0.566. The lowest BCUT2D eigenvalue weighted by Gasteiger charge is -2.14. The Morgan fingerprint density at radius 3 is 2.00 bits per heavy atom. The van der Waals surface area contributed by atoms with Crippen LogP contribution in [-0.2, 0) is 9.53 Å². The number of nitrogens with one attached hydrogen (secondary N) is 1. The van der Waals surface area contributed by atoms with E-state index in [1.165, 1.54) is 0 Å². The predicted octanol–water partition coefficient (Wildman–Crippen LogP) is 1.71. The van der Waals surface area contributed by atoms with Gasteiger partial charge in [-0.25, -0.2) is 0 Å². The van der Waals surface area contributed by atoms with Crippen LogP contribution < -0.4 is 11.1 Å². The smallest absolute Gasteiger partial charge is 0.211 e. The Bertz CT molecular complexity index is 263. The average molecular weight is 226 g/mol. The van der Waals surface area contributed by atoms with E-state index < -0.39 is 0 Å². The second-order valence-electron chi connectivity index (χ2n) is 4.01. The van der Waals surface area contributed by atoms with E-state index in [4.69, 9.17) is 10.5 Å². The third-order valence-corrected chi connectivity index (χ3v) is 1.36. The van der Waals surface area contributed by atoms with Crippen LogP contribution in [0.25, 0.3) is 0 Å². The molecule has 4 heteroatoms. The molecule has 0 bridgehead atoms. The summed E-state index contributed by atoms with van der Waals surface area (Å²) >= 11 is 0. The van der Waals surface area contributed by atoms with Crippen molar-refractivity contribution in [2.75, 3.05) is 7.11 Å². The molecule has 0 saturated heterocycles. The highest BCUT2D eigenvalue weighted by molar-refractivity contribution is 5.51. The second kappa shape index (κ2) is 8.73. The minimum atomic E-state index is 0.0417. The molecule has 92 valence electrons. The summed E-state index contributed by atoms with van der Waals surface area (Å²) in [6, 6.07) is 0. The minimum Gasteiger partial charge on any atom is -0.399 e. The number of methoxy groups -OCH3 is 1. The van der Waals surface area contributed by atoms with Crippen molar-refractivity contribution < 1.29 is 9.53 Å². The first-order chi connectivity index (χ1) is 7.22. The molecular weight excluding hydrogens is 204 g/mol. The van der Waals surface area contributed by atoms with E-state index in [0.717, 1.165) is 0 Å². The number of nitrogens with two attached hydrogens (primary N) is 1. The van der Waals surface area contributed by atoms with Crippen LogP contribution in [0.3, 0.4) is 0 Å². The highest BCUT2D eigenvalue weighted by Crippen LogP contribution is 2.02. The first-order valence-corrected chi connectivity index (χ1v) is 4.79. The van der Waals surface area contributed by atoms with Gasteiger partial charge in [-0.05, 0) is 32.9 Å². The van der Waals surface area contributed by atoms with Gasteiger partial charge in [0.2, 0.25) is 6.41 Å². The molecule has 0 saturated carbocycles. The molecule has 0 atom stereocenters. The summed E-state index contributed by atoms with van der Waals surface area (Å²) in [5, 5.41) is 2.34. The maximum atomic E-state index is 9.80. The lowest BCUT2D eigenvalue weighted by molar-refractivity contribution is -0.108. The molecule has 0 fully saturated rings. The van der Waals surface area contributed by atoms with E-state index in [9.17, 15) is 4.79 Å². The number of hydrogen-bond acceptors (Lipinski definition) is 3. The molecule has 0 aromatic rings. The van der Waals surface area contributed by atoms with Crippen molar-refractivity contribution in [1.82, 2.24) is 5.32 Å². The summed E-state index contributed by atoms with van der Waals surface area (Å²) in [6.45, 7) is 13.0. The van der Waals surface area contributed by atoms with Gasteiger partial charge < -0.3 is 15.8 Å². The molecule has 0 aliphatic carbocycles. The molecule has 0 rings (SSSR count). The fourth-order valence-electron chi connectivity index (χ4n) is 0.331. The van der Waals surface area contributed by atoms with E-state index in [0.29, 0.717) is 17.8 Å². The molecule has 0 aliphatic heterocycles. The molecule has 0 aromatic heterocycles. The van der Waals surface area contributed by atoms with Crippen LogP contribution in [0, 0.1) is 0 Å².